The summed E-state index contributed by atoms with van der Waals surface area (Å²) in [6.07, 6.45) is 7.90. The molecule has 0 saturated carbocycles. The summed E-state index contributed by atoms with van der Waals surface area (Å²) in [4.78, 5) is 0. The molecule has 86 valence electrons. The summed E-state index contributed by atoms with van der Waals surface area (Å²) < 4.78 is 0. The average Bonchev–Trinajstić information content (AvgIpc) is 2.48. The highest BCUT2D eigenvalue weighted by Crippen LogP contribution is 2.25. The lowest BCUT2D eigenvalue weighted by molar-refractivity contribution is 0.136. The highest BCUT2D eigenvalue weighted by atomic mass is 15.9. The molecule has 0 saturated heterocycles. The van der Waals surface area contributed by atoms with Gasteiger partial charge in [0, 0.05) is 16.6 Å². The molecule has 3 heterocycles. The van der Waals surface area contributed by atoms with Gasteiger partial charge in [0.1, 0.15) is 0 Å². The number of fused-ring (bicyclic) bond motifs is 4. The molecule has 0 aliphatic carbocycles. The number of rotatable bonds is 0. The molecule has 6 nitrogen and oxygen atoms in total. The Kier molecular flexibility index (Phi) is 1.74. The van der Waals surface area contributed by atoms with Crippen molar-refractivity contribution in [2.75, 3.05) is 0 Å². The lowest BCUT2D eigenvalue weighted by atomic mass is 10.1. The standard InChI is InChI=1S/C12H8N6/c1-2-6-10-9(5-1)11-7-3-4-8-17(11)18-12(10)13-14-15-16-18/h1-8H. The fraction of sp³-hybridized carbons (Fsp3) is 0. The largest absolute Gasteiger partial charge is 0.237 e. The van der Waals surface area contributed by atoms with E-state index in [1.54, 1.807) is 5.12 Å². The van der Waals surface area contributed by atoms with E-state index in [0.29, 0.717) is 5.82 Å². The van der Waals surface area contributed by atoms with Crippen molar-refractivity contribution >= 4 is 11.5 Å². The number of hydrogen-bond donors (Lipinski definition) is 0. The first-order chi connectivity index (χ1) is 8.95. The molecule has 0 atom stereocenters. The zero-order chi connectivity index (χ0) is 11.9. The Labute approximate surface area is 102 Å². The number of benzene rings is 1. The first kappa shape index (κ1) is 9.29. The summed E-state index contributed by atoms with van der Waals surface area (Å²) in [6, 6.07) is 8.05. The topological polar surface area (TPSA) is 55.9 Å². The van der Waals surface area contributed by atoms with E-state index in [1.807, 2.05) is 47.6 Å². The maximum atomic E-state index is 4.08. The molecule has 0 amide bonds. The maximum absolute atomic E-state index is 4.08. The van der Waals surface area contributed by atoms with Crippen molar-refractivity contribution in [1.82, 2.24) is 10.1 Å². The van der Waals surface area contributed by atoms with Gasteiger partial charge < -0.3 is 0 Å². The Morgan fingerprint density at radius 3 is 2.78 bits per heavy atom. The van der Waals surface area contributed by atoms with E-state index < -0.39 is 0 Å². The zero-order valence-corrected chi connectivity index (χ0v) is 9.30. The van der Waals surface area contributed by atoms with E-state index in [2.05, 4.69) is 26.9 Å². The molecule has 0 fully saturated rings. The van der Waals surface area contributed by atoms with Crippen LogP contribution in [0.2, 0.25) is 0 Å². The average molecular weight is 236 g/mol. The van der Waals surface area contributed by atoms with Gasteiger partial charge in [-0.25, -0.2) is 5.01 Å². The van der Waals surface area contributed by atoms with Crippen LogP contribution in [0.1, 0.15) is 0 Å². The predicted octanol–water partition coefficient (Wildman–Crippen LogP) is 1.22. The van der Waals surface area contributed by atoms with Gasteiger partial charge in [-0.05, 0) is 27.8 Å². The Morgan fingerprint density at radius 1 is 0.944 bits per heavy atom. The number of allylic oxidation sites excluding steroid dienone is 2. The first-order valence-corrected chi connectivity index (χ1v) is 5.55. The molecule has 0 bridgehead atoms. The number of hydrazine groups is 1. The van der Waals surface area contributed by atoms with Gasteiger partial charge in [0.15, 0.2) is 0 Å². The molecule has 0 unspecified atom stereocenters. The van der Waals surface area contributed by atoms with Crippen molar-refractivity contribution in [2.45, 2.75) is 0 Å². The molecule has 4 rings (SSSR count). The van der Waals surface area contributed by atoms with Gasteiger partial charge in [0.25, 0.3) is 0 Å². The van der Waals surface area contributed by atoms with Crippen molar-refractivity contribution in [3.63, 3.8) is 0 Å². The predicted molar refractivity (Wildman–Crippen MR) is 64.2 cm³/mol. The van der Waals surface area contributed by atoms with Gasteiger partial charge in [-0.2, -0.15) is 0 Å². The van der Waals surface area contributed by atoms with E-state index in [1.165, 1.54) is 0 Å². The molecule has 6 heteroatoms. The van der Waals surface area contributed by atoms with Crippen molar-refractivity contribution in [3.05, 3.63) is 59.1 Å². The smallest absolute Gasteiger partial charge is 0.206 e. The lowest BCUT2D eigenvalue weighted by Gasteiger charge is -2.34. The van der Waals surface area contributed by atoms with Crippen LogP contribution in [-0.2, 0) is 0 Å². The third-order valence-electron chi connectivity index (χ3n) is 2.98. The quantitative estimate of drug-likeness (QED) is 0.680. The summed E-state index contributed by atoms with van der Waals surface area (Å²) in [5, 5.41) is 21.0. The van der Waals surface area contributed by atoms with Crippen molar-refractivity contribution < 1.29 is 0 Å². The van der Waals surface area contributed by atoms with Crippen LogP contribution in [0, 0.1) is 0 Å². The SMILES string of the molecule is C1=CC2=c3ccccc3=C3N=NN=NN3N2C=C1. The molecule has 1 aromatic carbocycles. The minimum absolute atomic E-state index is 0.685. The molecule has 1 aromatic rings. The lowest BCUT2D eigenvalue weighted by Crippen LogP contribution is -2.47. The van der Waals surface area contributed by atoms with Gasteiger partial charge in [-0.3, -0.25) is 0 Å². The van der Waals surface area contributed by atoms with Crippen molar-refractivity contribution in [1.29, 1.82) is 0 Å². The summed E-state index contributed by atoms with van der Waals surface area (Å²) in [5.74, 6) is 0.685. The van der Waals surface area contributed by atoms with E-state index >= 15 is 0 Å². The normalized spacial score (nSPS) is 18.9. The Morgan fingerprint density at radius 2 is 1.83 bits per heavy atom. The van der Waals surface area contributed by atoms with Crippen LogP contribution in [-0.4, -0.2) is 10.1 Å². The van der Waals surface area contributed by atoms with Crippen LogP contribution in [0.4, 0.5) is 0 Å². The highest BCUT2D eigenvalue weighted by Gasteiger charge is 2.26. The van der Waals surface area contributed by atoms with Crippen molar-refractivity contribution in [2.24, 2.45) is 20.8 Å². The van der Waals surface area contributed by atoms with Crippen LogP contribution in [0.5, 0.6) is 0 Å². The molecule has 3 aliphatic rings. The molecule has 18 heavy (non-hydrogen) atoms. The van der Waals surface area contributed by atoms with Crippen LogP contribution >= 0.6 is 0 Å². The maximum Gasteiger partial charge on any atom is 0.206 e. The van der Waals surface area contributed by atoms with E-state index in [9.17, 15) is 0 Å². The molecule has 0 N–H and O–H groups in total. The number of nitrogens with zero attached hydrogens (tertiary/aromatic N) is 6. The third-order valence-corrected chi connectivity index (χ3v) is 2.98. The molecular formula is C12H8N6. The molecule has 0 aromatic heterocycles. The van der Waals surface area contributed by atoms with Gasteiger partial charge in [-0.1, -0.05) is 30.3 Å². The van der Waals surface area contributed by atoms with Gasteiger partial charge in [-0.15, -0.1) is 10.2 Å². The highest BCUT2D eigenvalue weighted by molar-refractivity contribution is 5.63. The van der Waals surface area contributed by atoms with Crippen LogP contribution in [0.25, 0.3) is 11.5 Å². The molecule has 0 spiro atoms. The minimum Gasteiger partial charge on any atom is -0.237 e. The van der Waals surface area contributed by atoms with E-state index in [0.717, 1.165) is 16.1 Å². The monoisotopic (exact) mass is 236 g/mol. The summed E-state index contributed by atoms with van der Waals surface area (Å²) in [7, 11) is 0. The first-order valence-electron chi connectivity index (χ1n) is 5.55. The van der Waals surface area contributed by atoms with Gasteiger partial charge in [0.2, 0.25) is 5.82 Å². The Hall–Kier alpha value is -2.76. The Balaban J connectivity index is 2.18. The molecular weight excluding hydrogens is 228 g/mol. The molecule has 0 radical (unpaired) electrons. The second-order valence-corrected chi connectivity index (χ2v) is 3.96. The Bertz CT molecular complexity index is 690. The molecule has 3 aliphatic heterocycles. The van der Waals surface area contributed by atoms with Gasteiger partial charge >= 0.3 is 0 Å². The summed E-state index contributed by atoms with van der Waals surface area (Å²) in [6.45, 7) is 0. The van der Waals surface area contributed by atoms with Crippen molar-refractivity contribution in [3.8, 4) is 0 Å². The van der Waals surface area contributed by atoms with Crippen LogP contribution in [0.3, 0.4) is 0 Å². The minimum atomic E-state index is 0.685. The zero-order valence-electron chi connectivity index (χ0n) is 9.30. The van der Waals surface area contributed by atoms with E-state index in [4.69, 9.17) is 0 Å². The van der Waals surface area contributed by atoms with Crippen LogP contribution in [0.15, 0.2) is 69.5 Å². The second kappa shape index (κ2) is 3.36. The fourth-order valence-corrected chi connectivity index (χ4v) is 2.22. The third kappa shape index (κ3) is 1.11. The number of hydrogen-bond acceptors (Lipinski definition) is 6. The van der Waals surface area contributed by atoms with Crippen LogP contribution < -0.4 is 10.4 Å². The van der Waals surface area contributed by atoms with Gasteiger partial charge in [0.05, 0.1) is 5.70 Å². The second-order valence-electron chi connectivity index (χ2n) is 3.96. The fourth-order valence-electron chi connectivity index (χ4n) is 2.22. The summed E-state index contributed by atoms with van der Waals surface area (Å²) in [5.41, 5.74) is 1.05. The van der Waals surface area contributed by atoms with E-state index in [-0.39, 0.29) is 0 Å². The summed E-state index contributed by atoms with van der Waals surface area (Å²) >= 11 is 0.